The van der Waals surface area contributed by atoms with Crippen molar-refractivity contribution in [3.63, 3.8) is 0 Å². The molecule has 0 aromatic carbocycles. The fourth-order valence-corrected chi connectivity index (χ4v) is 3.62. The Labute approximate surface area is 170 Å². The van der Waals surface area contributed by atoms with Crippen LogP contribution in [0.25, 0.3) is 0 Å². The molecule has 9 heteroatoms. The lowest BCUT2D eigenvalue weighted by Gasteiger charge is -2.24. The first-order valence-electron chi connectivity index (χ1n) is 10.1. The molecule has 0 bridgehead atoms. The number of imidazole rings is 1. The van der Waals surface area contributed by atoms with Gasteiger partial charge in [0.25, 0.3) is 0 Å². The van der Waals surface area contributed by atoms with Crippen LogP contribution in [-0.4, -0.2) is 51.1 Å². The highest BCUT2D eigenvalue weighted by atomic mass is 16.5. The minimum Gasteiger partial charge on any atom is -0.361 e. The lowest BCUT2D eigenvalue weighted by molar-refractivity contribution is -0.135. The number of carbonyl (C=O) groups is 2. The minimum absolute atomic E-state index is 0.00637. The zero-order chi connectivity index (χ0) is 20.8. The van der Waals surface area contributed by atoms with Crippen LogP contribution in [0.2, 0.25) is 0 Å². The summed E-state index contributed by atoms with van der Waals surface area (Å²) in [6, 6.07) is 1.96. The van der Waals surface area contributed by atoms with E-state index < -0.39 is 0 Å². The van der Waals surface area contributed by atoms with E-state index in [-0.39, 0.29) is 30.2 Å². The maximum atomic E-state index is 12.6. The van der Waals surface area contributed by atoms with E-state index in [0.29, 0.717) is 37.5 Å². The molecule has 0 spiro atoms. The predicted octanol–water partition coefficient (Wildman–Crippen LogP) is 1.14. The molecule has 3 rings (SSSR count). The molecule has 2 aromatic rings. The van der Waals surface area contributed by atoms with E-state index in [1.807, 2.05) is 24.7 Å². The molecule has 0 radical (unpaired) electrons. The molecule has 158 valence electrons. The van der Waals surface area contributed by atoms with Crippen molar-refractivity contribution in [3.05, 3.63) is 35.7 Å². The molecule has 0 aliphatic carbocycles. The van der Waals surface area contributed by atoms with Crippen LogP contribution in [0.15, 0.2) is 23.0 Å². The number of aryl methyl sites for hydroxylation is 2. The summed E-state index contributed by atoms with van der Waals surface area (Å²) in [5.41, 5.74) is 0.681. The molecule has 1 aliphatic rings. The fraction of sp³-hybridized carbons (Fsp3) is 0.600. The first-order chi connectivity index (χ1) is 13.9. The Morgan fingerprint density at radius 2 is 2.14 bits per heavy atom. The van der Waals surface area contributed by atoms with Gasteiger partial charge >= 0.3 is 0 Å². The zero-order valence-corrected chi connectivity index (χ0v) is 17.4. The average molecular weight is 402 g/mol. The van der Waals surface area contributed by atoms with Crippen molar-refractivity contribution in [1.29, 1.82) is 0 Å². The van der Waals surface area contributed by atoms with Gasteiger partial charge in [0, 0.05) is 57.5 Å². The highest BCUT2D eigenvalue weighted by Gasteiger charge is 2.27. The molecule has 2 N–H and O–H groups in total. The third-order valence-corrected chi connectivity index (χ3v) is 5.41. The molecule has 2 amide bonds. The number of likely N-dealkylation sites (N-methyl/N-ethyl adjacent to an activating group) is 1. The van der Waals surface area contributed by atoms with Crippen molar-refractivity contribution >= 4 is 11.8 Å². The quantitative estimate of drug-likeness (QED) is 0.751. The largest absolute Gasteiger partial charge is 0.361 e. The van der Waals surface area contributed by atoms with Crippen LogP contribution in [0.5, 0.6) is 0 Å². The number of amides is 2. The third-order valence-electron chi connectivity index (χ3n) is 5.41. The van der Waals surface area contributed by atoms with Gasteiger partial charge in [-0.05, 0) is 19.8 Å². The summed E-state index contributed by atoms with van der Waals surface area (Å²) < 4.78 is 7.00. The van der Waals surface area contributed by atoms with E-state index >= 15 is 0 Å². The molecule has 1 fully saturated rings. The molecule has 9 nitrogen and oxygen atoms in total. The number of nitrogens with one attached hydrogen (secondary N) is 2. The Kier molecular flexibility index (Phi) is 7.03. The number of hydrogen-bond donors (Lipinski definition) is 2. The molecule has 0 unspecified atom stereocenters. The van der Waals surface area contributed by atoms with Crippen LogP contribution >= 0.6 is 0 Å². The van der Waals surface area contributed by atoms with Gasteiger partial charge in [0.1, 0.15) is 17.3 Å². The zero-order valence-electron chi connectivity index (χ0n) is 17.4. The van der Waals surface area contributed by atoms with Crippen molar-refractivity contribution in [2.45, 2.75) is 51.7 Å². The van der Waals surface area contributed by atoms with Gasteiger partial charge in [0.05, 0.1) is 13.1 Å². The van der Waals surface area contributed by atoms with Gasteiger partial charge in [-0.1, -0.05) is 11.6 Å². The fourth-order valence-electron chi connectivity index (χ4n) is 3.62. The Morgan fingerprint density at radius 1 is 1.31 bits per heavy atom. The van der Waals surface area contributed by atoms with Gasteiger partial charge in [-0.2, -0.15) is 0 Å². The summed E-state index contributed by atoms with van der Waals surface area (Å²) in [6.45, 7) is 3.39. The summed E-state index contributed by atoms with van der Waals surface area (Å²) in [7, 11) is 3.77. The Bertz CT molecular complexity index is 830. The van der Waals surface area contributed by atoms with Gasteiger partial charge in [-0.3, -0.25) is 9.59 Å². The van der Waals surface area contributed by atoms with Crippen LogP contribution < -0.4 is 10.6 Å². The molecular weight excluding hydrogens is 372 g/mol. The lowest BCUT2D eigenvalue weighted by atomic mass is 9.96. The number of aromatic nitrogens is 3. The molecule has 29 heavy (non-hydrogen) atoms. The van der Waals surface area contributed by atoms with Crippen LogP contribution in [-0.2, 0) is 29.7 Å². The Morgan fingerprint density at radius 3 is 2.83 bits per heavy atom. The van der Waals surface area contributed by atoms with E-state index in [0.717, 1.165) is 18.7 Å². The summed E-state index contributed by atoms with van der Waals surface area (Å²) in [6.07, 6.45) is 6.38. The van der Waals surface area contributed by atoms with Gasteiger partial charge in [-0.15, -0.1) is 0 Å². The monoisotopic (exact) mass is 402 g/mol. The number of carbonyl (C=O) groups excluding carboxylic acids is 2. The third kappa shape index (κ3) is 5.90. The summed E-state index contributed by atoms with van der Waals surface area (Å²) in [5, 5.41) is 10.3. The van der Waals surface area contributed by atoms with Gasteiger partial charge in [-0.25, -0.2) is 4.98 Å². The number of rotatable bonds is 6. The SMILES string of the molecule is Cc1cc(CNC(=O)[C@@H]2CCC[C@@H](NCc3nccn3C)CN(C)C(=O)C2)no1. The van der Waals surface area contributed by atoms with Crippen LogP contribution in [0.3, 0.4) is 0 Å². The molecule has 1 saturated heterocycles. The maximum absolute atomic E-state index is 12.6. The summed E-state index contributed by atoms with van der Waals surface area (Å²) in [5.74, 6) is 1.22. The smallest absolute Gasteiger partial charge is 0.223 e. The Hall–Kier alpha value is -2.68. The standard InChI is InChI=1S/C20H30N6O3/c1-14-9-17(24-29-14)11-23-20(28)15-5-4-6-16(13-26(3)19(27)10-15)22-12-18-21-7-8-25(18)2/h7-9,15-16,22H,4-6,10-13H2,1-3H3,(H,23,28)/t15-,16-/m1/s1. The number of hydrogen-bond acceptors (Lipinski definition) is 6. The highest BCUT2D eigenvalue weighted by Crippen LogP contribution is 2.19. The van der Waals surface area contributed by atoms with Crippen molar-refractivity contribution in [3.8, 4) is 0 Å². The van der Waals surface area contributed by atoms with Crippen molar-refractivity contribution in [2.24, 2.45) is 13.0 Å². The van der Waals surface area contributed by atoms with E-state index in [2.05, 4.69) is 20.8 Å². The van der Waals surface area contributed by atoms with Gasteiger partial charge in [0.2, 0.25) is 11.8 Å². The Balaban J connectivity index is 1.54. The first-order valence-corrected chi connectivity index (χ1v) is 10.1. The average Bonchev–Trinajstić information content (AvgIpc) is 3.31. The van der Waals surface area contributed by atoms with E-state index in [4.69, 9.17) is 4.52 Å². The van der Waals surface area contributed by atoms with Crippen molar-refractivity contribution in [2.75, 3.05) is 13.6 Å². The summed E-state index contributed by atoms with van der Waals surface area (Å²) in [4.78, 5) is 31.3. The van der Waals surface area contributed by atoms with Crippen LogP contribution in [0.4, 0.5) is 0 Å². The summed E-state index contributed by atoms with van der Waals surface area (Å²) >= 11 is 0. The molecule has 2 atom stereocenters. The minimum atomic E-state index is -0.328. The van der Waals surface area contributed by atoms with Gasteiger partial charge < -0.3 is 24.6 Å². The predicted molar refractivity (Wildman–Crippen MR) is 107 cm³/mol. The van der Waals surface area contributed by atoms with Crippen molar-refractivity contribution < 1.29 is 14.1 Å². The molecular formula is C20H30N6O3. The topological polar surface area (TPSA) is 105 Å². The molecule has 1 aliphatic heterocycles. The molecule has 2 aromatic heterocycles. The first kappa shape index (κ1) is 21.0. The molecule has 3 heterocycles. The van der Waals surface area contributed by atoms with E-state index in [1.54, 1.807) is 24.2 Å². The maximum Gasteiger partial charge on any atom is 0.223 e. The second-order valence-electron chi connectivity index (χ2n) is 7.79. The van der Waals surface area contributed by atoms with E-state index in [9.17, 15) is 9.59 Å². The van der Waals surface area contributed by atoms with Crippen LogP contribution in [0.1, 0.15) is 43.0 Å². The van der Waals surface area contributed by atoms with Gasteiger partial charge in [0.15, 0.2) is 0 Å². The highest BCUT2D eigenvalue weighted by molar-refractivity contribution is 5.85. The second-order valence-corrected chi connectivity index (χ2v) is 7.79. The normalized spacial score (nSPS) is 20.8. The lowest BCUT2D eigenvalue weighted by Crippen LogP contribution is -2.42. The van der Waals surface area contributed by atoms with Crippen molar-refractivity contribution in [1.82, 2.24) is 30.2 Å². The van der Waals surface area contributed by atoms with E-state index in [1.165, 1.54) is 0 Å². The van der Waals surface area contributed by atoms with Crippen LogP contribution in [0, 0.1) is 12.8 Å². The number of nitrogens with zero attached hydrogens (tertiary/aromatic N) is 4. The second kappa shape index (κ2) is 9.69. The molecule has 0 saturated carbocycles.